The van der Waals surface area contributed by atoms with Crippen molar-refractivity contribution >= 4 is 5.82 Å². The molecule has 0 unspecified atom stereocenters. The molecule has 0 radical (unpaired) electrons. The van der Waals surface area contributed by atoms with Crippen LogP contribution in [0.25, 0.3) is 17.1 Å². The Bertz CT molecular complexity index is 1250. The number of nitrogens with zero attached hydrogens (tertiary/aromatic N) is 5. The molecule has 170 valence electrons. The van der Waals surface area contributed by atoms with Crippen molar-refractivity contribution in [1.82, 2.24) is 24.7 Å². The number of aliphatic hydroxyl groups excluding tert-OH is 1. The molecule has 4 rings (SSSR count). The van der Waals surface area contributed by atoms with Gasteiger partial charge >= 0.3 is 0 Å². The van der Waals surface area contributed by atoms with Gasteiger partial charge in [0.2, 0.25) is 0 Å². The molecule has 1 atom stereocenters. The molecule has 0 saturated heterocycles. The first kappa shape index (κ1) is 22.6. The van der Waals surface area contributed by atoms with E-state index in [1.54, 1.807) is 6.33 Å². The zero-order chi connectivity index (χ0) is 23.5. The quantitative estimate of drug-likeness (QED) is 0.421. The number of pyridine rings is 1. The van der Waals surface area contributed by atoms with E-state index in [1.807, 2.05) is 42.8 Å². The van der Waals surface area contributed by atoms with Crippen LogP contribution >= 0.6 is 0 Å². The summed E-state index contributed by atoms with van der Waals surface area (Å²) in [6.45, 7) is 10.2. The second-order valence-corrected chi connectivity index (χ2v) is 8.78. The summed E-state index contributed by atoms with van der Waals surface area (Å²) in [5.74, 6) is 1.13. The molecule has 0 saturated carbocycles. The van der Waals surface area contributed by atoms with E-state index in [0.29, 0.717) is 23.0 Å². The van der Waals surface area contributed by atoms with Crippen molar-refractivity contribution in [1.29, 1.82) is 0 Å². The summed E-state index contributed by atoms with van der Waals surface area (Å²) >= 11 is 0. The van der Waals surface area contributed by atoms with Gasteiger partial charge in [0.05, 0.1) is 41.7 Å². The third kappa shape index (κ3) is 4.93. The fourth-order valence-electron chi connectivity index (χ4n) is 3.85. The highest BCUT2D eigenvalue weighted by Crippen LogP contribution is 2.28. The Balaban J connectivity index is 1.61. The molecule has 7 heteroatoms. The Labute approximate surface area is 194 Å². The number of hydrogen-bond acceptors (Lipinski definition) is 6. The predicted octanol–water partition coefficient (Wildman–Crippen LogP) is 4.95. The second-order valence-electron chi connectivity index (χ2n) is 8.78. The van der Waals surface area contributed by atoms with Gasteiger partial charge in [0, 0.05) is 6.20 Å². The number of anilines is 1. The first-order chi connectivity index (χ1) is 15.9. The molecule has 0 amide bonds. The van der Waals surface area contributed by atoms with Crippen molar-refractivity contribution in [2.24, 2.45) is 5.92 Å². The number of nitrogens with one attached hydrogen (secondary N) is 1. The Hall–Kier alpha value is -3.58. The third-order valence-corrected chi connectivity index (χ3v) is 5.73. The smallest absolute Gasteiger partial charge is 0.152 e. The number of hydrogen-bond donors (Lipinski definition) is 2. The third-order valence-electron chi connectivity index (χ3n) is 5.73. The average Bonchev–Trinajstić information content (AvgIpc) is 3.24. The van der Waals surface area contributed by atoms with Crippen LogP contribution < -0.4 is 5.32 Å². The van der Waals surface area contributed by atoms with Gasteiger partial charge in [-0.2, -0.15) is 0 Å². The van der Waals surface area contributed by atoms with Crippen molar-refractivity contribution in [3.05, 3.63) is 83.1 Å². The molecule has 4 aromatic rings. The van der Waals surface area contributed by atoms with Crippen molar-refractivity contribution < 1.29 is 5.11 Å². The van der Waals surface area contributed by atoms with Crippen molar-refractivity contribution in [2.45, 2.75) is 47.3 Å². The lowest BCUT2D eigenvalue weighted by Gasteiger charge is -2.24. The highest BCUT2D eigenvalue weighted by atomic mass is 16.3. The molecule has 33 heavy (non-hydrogen) atoms. The monoisotopic (exact) mass is 442 g/mol. The van der Waals surface area contributed by atoms with Crippen molar-refractivity contribution in [3.63, 3.8) is 0 Å². The molecule has 0 aliphatic carbocycles. The van der Waals surface area contributed by atoms with E-state index in [9.17, 15) is 5.11 Å². The van der Waals surface area contributed by atoms with Crippen LogP contribution in [0.1, 0.15) is 48.0 Å². The van der Waals surface area contributed by atoms with Crippen LogP contribution in [-0.4, -0.2) is 29.8 Å². The Morgan fingerprint density at radius 2 is 1.73 bits per heavy atom. The molecule has 3 aromatic heterocycles. The zero-order valence-electron chi connectivity index (χ0n) is 19.7. The fraction of sp³-hybridized carbons (Fsp3) is 0.308. The number of aryl methyl sites for hydroxylation is 3. The normalized spacial score (nSPS) is 12.2. The van der Waals surface area contributed by atoms with Gasteiger partial charge in [0.15, 0.2) is 5.82 Å². The largest absolute Gasteiger partial charge is 0.390 e. The maximum absolute atomic E-state index is 9.89. The Morgan fingerprint density at radius 1 is 0.970 bits per heavy atom. The van der Waals surface area contributed by atoms with E-state index < -0.39 is 0 Å². The van der Waals surface area contributed by atoms with Crippen LogP contribution in [-0.2, 0) is 6.61 Å². The van der Waals surface area contributed by atoms with Crippen LogP contribution in [0.2, 0.25) is 0 Å². The van der Waals surface area contributed by atoms with Gasteiger partial charge in [0.25, 0.3) is 0 Å². The lowest BCUT2D eigenvalue weighted by molar-refractivity contribution is 0.276. The first-order valence-corrected chi connectivity index (χ1v) is 11.1. The highest BCUT2D eigenvalue weighted by molar-refractivity contribution is 5.60. The SMILES string of the molecule is Cc1ccc([C@@H](Nc2nnc(-c3ccc(-n4cnc(C)c4)c(CO)n3)cc2C)C(C)C)cc1. The van der Waals surface area contributed by atoms with Crippen LogP contribution in [0.5, 0.6) is 0 Å². The van der Waals surface area contributed by atoms with E-state index in [1.165, 1.54) is 11.1 Å². The van der Waals surface area contributed by atoms with E-state index >= 15 is 0 Å². The molecule has 3 heterocycles. The molecular weight excluding hydrogens is 412 g/mol. The second kappa shape index (κ2) is 9.50. The van der Waals surface area contributed by atoms with Gasteiger partial charge in [-0.1, -0.05) is 43.7 Å². The van der Waals surface area contributed by atoms with Crippen LogP contribution in [0, 0.1) is 26.7 Å². The standard InChI is InChI=1S/C26H30N6O/c1-16(2)25(20-8-6-17(3)7-9-20)29-26-18(4)12-22(30-31-26)21-10-11-24(23(14-33)28-21)32-13-19(5)27-15-32/h6-13,15-16,25,33H,14H2,1-5H3,(H,29,31)/t25-/m0/s1. The summed E-state index contributed by atoms with van der Waals surface area (Å²) in [5.41, 5.74) is 7.04. The van der Waals surface area contributed by atoms with Gasteiger partial charge in [-0.25, -0.2) is 9.97 Å². The minimum atomic E-state index is -0.181. The predicted molar refractivity (Wildman–Crippen MR) is 130 cm³/mol. The lowest BCUT2D eigenvalue weighted by Crippen LogP contribution is -2.18. The van der Waals surface area contributed by atoms with Gasteiger partial charge in [-0.3, -0.25) is 0 Å². The topological polar surface area (TPSA) is 88.8 Å². The van der Waals surface area contributed by atoms with E-state index in [4.69, 9.17) is 0 Å². The zero-order valence-corrected chi connectivity index (χ0v) is 19.7. The van der Waals surface area contributed by atoms with Crippen LogP contribution in [0.15, 0.2) is 55.0 Å². The lowest BCUT2D eigenvalue weighted by atomic mass is 9.95. The van der Waals surface area contributed by atoms with Gasteiger partial charge in [0.1, 0.15) is 5.69 Å². The molecule has 7 nitrogen and oxygen atoms in total. The van der Waals surface area contributed by atoms with E-state index in [0.717, 1.165) is 22.8 Å². The molecule has 0 aliphatic rings. The van der Waals surface area contributed by atoms with Crippen molar-refractivity contribution in [3.8, 4) is 17.1 Å². The number of aliphatic hydroxyl groups is 1. The molecule has 2 N–H and O–H groups in total. The van der Waals surface area contributed by atoms with Gasteiger partial charge in [-0.15, -0.1) is 10.2 Å². The van der Waals surface area contributed by atoms with E-state index in [-0.39, 0.29) is 12.6 Å². The van der Waals surface area contributed by atoms with Crippen LogP contribution in [0.4, 0.5) is 5.82 Å². The maximum atomic E-state index is 9.89. The summed E-state index contributed by atoms with van der Waals surface area (Å²) in [5, 5.41) is 22.4. The van der Waals surface area contributed by atoms with E-state index in [2.05, 4.69) is 70.5 Å². The average molecular weight is 443 g/mol. The summed E-state index contributed by atoms with van der Waals surface area (Å²) < 4.78 is 1.86. The first-order valence-electron chi connectivity index (χ1n) is 11.1. The Kier molecular flexibility index (Phi) is 6.51. The minimum absolute atomic E-state index is 0.126. The maximum Gasteiger partial charge on any atom is 0.152 e. The molecule has 0 spiro atoms. The Morgan fingerprint density at radius 3 is 2.33 bits per heavy atom. The number of rotatable bonds is 7. The number of imidazole rings is 1. The van der Waals surface area contributed by atoms with Crippen LogP contribution in [0.3, 0.4) is 0 Å². The van der Waals surface area contributed by atoms with Gasteiger partial charge in [-0.05, 0) is 56.0 Å². The molecule has 0 aliphatic heterocycles. The van der Waals surface area contributed by atoms with Crippen molar-refractivity contribution in [2.75, 3.05) is 5.32 Å². The number of aromatic nitrogens is 5. The summed E-state index contributed by atoms with van der Waals surface area (Å²) in [7, 11) is 0. The molecule has 1 aromatic carbocycles. The summed E-state index contributed by atoms with van der Waals surface area (Å²) in [6, 6.07) is 14.5. The fourth-order valence-corrected chi connectivity index (χ4v) is 3.85. The number of benzene rings is 1. The summed E-state index contributed by atoms with van der Waals surface area (Å²) in [6.07, 6.45) is 3.62. The van der Waals surface area contributed by atoms with Gasteiger partial charge < -0.3 is 15.0 Å². The summed E-state index contributed by atoms with van der Waals surface area (Å²) in [4.78, 5) is 8.90. The minimum Gasteiger partial charge on any atom is -0.390 e. The molecule has 0 fully saturated rings. The highest BCUT2D eigenvalue weighted by Gasteiger charge is 2.18. The molecule has 0 bridgehead atoms. The molecular formula is C26H30N6O.